The van der Waals surface area contributed by atoms with Gasteiger partial charge in [-0.15, -0.1) is 0 Å². The standard InChI is InChI=1S/C17H22N2/c1-13-5-7-15-12-14(6-10-17(15)19-13)4-2-3-11-18-16-8-9-16/h5-7,10,12,16,18H,2-4,8-9,11H2,1H3. The number of nitrogens with zero attached hydrogens (tertiary/aromatic N) is 1. The molecule has 19 heavy (non-hydrogen) atoms. The van der Waals surface area contributed by atoms with Crippen LogP contribution in [0.5, 0.6) is 0 Å². The highest BCUT2D eigenvalue weighted by Gasteiger charge is 2.19. The summed E-state index contributed by atoms with van der Waals surface area (Å²) in [7, 11) is 0. The van der Waals surface area contributed by atoms with E-state index in [1.807, 2.05) is 6.92 Å². The van der Waals surface area contributed by atoms with Crippen LogP contribution < -0.4 is 5.32 Å². The second-order valence-corrected chi connectivity index (χ2v) is 5.67. The zero-order valence-electron chi connectivity index (χ0n) is 11.7. The molecule has 0 radical (unpaired) electrons. The van der Waals surface area contributed by atoms with Crippen molar-refractivity contribution in [2.75, 3.05) is 6.54 Å². The van der Waals surface area contributed by atoms with Crippen LogP contribution in [0.1, 0.15) is 36.9 Å². The predicted molar refractivity (Wildman–Crippen MR) is 80.4 cm³/mol. The first-order valence-electron chi connectivity index (χ1n) is 7.41. The van der Waals surface area contributed by atoms with Crippen molar-refractivity contribution >= 4 is 10.9 Å². The van der Waals surface area contributed by atoms with Crippen molar-refractivity contribution in [3.8, 4) is 0 Å². The molecule has 0 aliphatic heterocycles. The highest BCUT2D eigenvalue weighted by atomic mass is 14.9. The Labute approximate surface area is 115 Å². The van der Waals surface area contributed by atoms with Gasteiger partial charge < -0.3 is 5.32 Å². The van der Waals surface area contributed by atoms with Gasteiger partial charge in [-0.1, -0.05) is 12.1 Å². The lowest BCUT2D eigenvalue weighted by atomic mass is 10.1. The third-order valence-corrected chi connectivity index (χ3v) is 3.80. The van der Waals surface area contributed by atoms with E-state index in [9.17, 15) is 0 Å². The topological polar surface area (TPSA) is 24.9 Å². The van der Waals surface area contributed by atoms with Crippen LogP contribution in [0.2, 0.25) is 0 Å². The van der Waals surface area contributed by atoms with E-state index < -0.39 is 0 Å². The molecule has 1 aliphatic rings. The molecule has 1 aromatic carbocycles. The van der Waals surface area contributed by atoms with Gasteiger partial charge in [-0.3, -0.25) is 4.98 Å². The lowest BCUT2D eigenvalue weighted by Gasteiger charge is -2.05. The van der Waals surface area contributed by atoms with E-state index in [0.717, 1.165) is 17.3 Å². The Kier molecular flexibility index (Phi) is 3.79. The van der Waals surface area contributed by atoms with Gasteiger partial charge in [-0.25, -0.2) is 0 Å². The number of pyridine rings is 1. The second-order valence-electron chi connectivity index (χ2n) is 5.67. The molecule has 1 fully saturated rings. The molecule has 1 aliphatic carbocycles. The number of fused-ring (bicyclic) bond motifs is 1. The van der Waals surface area contributed by atoms with Gasteiger partial charge in [0.2, 0.25) is 0 Å². The smallest absolute Gasteiger partial charge is 0.0705 e. The van der Waals surface area contributed by atoms with Gasteiger partial charge in [0.25, 0.3) is 0 Å². The van der Waals surface area contributed by atoms with Crippen LogP contribution in [0.3, 0.4) is 0 Å². The molecule has 1 N–H and O–H groups in total. The van der Waals surface area contributed by atoms with Crippen LogP contribution >= 0.6 is 0 Å². The molecule has 1 saturated carbocycles. The molecule has 3 rings (SSSR count). The first-order chi connectivity index (χ1) is 9.31. The minimum Gasteiger partial charge on any atom is -0.314 e. The summed E-state index contributed by atoms with van der Waals surface area (Å²) in [6, 6.07) is 11.8. The van der Waals surface area contributed by atoms with Crippen molar-refractivity contribution < 1.29 is 0 Å². The molecule has 1 aromatic heterocycles. The first kappa shape index (κ1) is 12.6. The molecule has 0 atom stereocenters. The number of nitrogens with one attached hydrogen (secondary N) is 1. The number of aromatic nitrogens is 1. The van der Waals surface area contributed by atoms with Crippen LogP contribution in [0.4, 0.5) is 0 Å². The van der Waals surface area contributed by atoms with Crippen molar-refractivity contribution in [1.29, 1.82) is 0 Å². The zero-order chi connectivity index (χ0) is 13.1. The molecule has 0 unspecified atom stereocenters. The maximum atomic E-state index is 4.54. The predicted octanol–water partition coefficient (Wildman–Crippen LogP) is 3.62. The fourth-order valence-electron chi connectivity index (χ4n) is 2.48. The van der Waals surface area contributed by atoms with Crippen LogP contribution in [-0.2, 0) is 6.42 Å². The second kappa shape index (κ2) is 5.70. The molecular formula is C17H22N2. The quantitative estimate of drug-likeness (QED) is 0.796. The van der Waals surface area contributed by atoms with Gasteiger partial charge in [0.15, 0.2) is 0 Å². The Morgan fingerprint density at radius 2 is 2.05 bits per heavy atom. The average Bonchev–Trinajstić information content (AvgIpc) is 3.22. The van der Waals surface area contributed by atoms with Gasteiger partial charge in [0, 0.05) is 17.1 Å². The summed E-state index contributed by atoms with van der Waals surface area (Å²) in [5.74, 6) is 0. The number of benzene rings is 1. The fourth-order valence-corrected chi connectivity index (χ4v) is 2.48. The summed E-state index contributed by atoms with van der Waals surface area (Å²) in [5, 5.41) is 4.83. The summed E-state index contributed by atoms with van der Waals surface area (Å²) in [6.07, 6.45) is 6.50. The fraction of sp³-hybridized carbons (Fsp3) is 0.471. The lowest BCUT2D eigenvalue weighted by Crippen LogP contribution is -2.17. The normalized spacial score (nSPS) is 15.0. The molecule has 2 heteroatoms. The summed E-state index contributed by atoms with van der Waals surface area (Å²) in [4.78, 5) is 4.54. The van der Waals surface area contributed by atoms with E-state index in [0.29, 0.717) is 0 Å². The third-order valence-electron chi connectivity index (χ3n) is 3.80. The highest BCUT2D eigenvalue weighted by molar-refractivity contribution is 5.79. The Bertz CT molecular complexity index is 558. The van der Waals surface area contributed by atoms with Crippen LogP contribution in [0.15, 0.2) is 30.3 Å². The van der Waals surface area contributed by atoms with Gasteiger partial charge in [-0.05, 0) is 69.3 Å². The molecular weight excluding hydrogens is 232 g/mol. The van der Waals surface area contributed by atoms with Crippen LogP contribution in [0, 0.1) is 6.92 Å². The van der Waals surface area contributed by atoms with Crippen LogP contribution in [-0.4, -0.2) is 17.6 Å². The first-order valence-corrected chi connectivity index (χ1v) is 7.41. The highest BCUT2D eigenvalue weighted by Crippen LogP contribution is 2.19. The SMILES string of the molecule is Cc1ccc2cc(CCCCNC3CC3)ccc2n1. The molecule has 1 heterocycles. The van der Waals surface area contributed by atoms with Crippen LogP contribution in [0.25, 0.3) is 10.9 Å². The monoisotopic (exact) mass is 254 g/mol. The molecule has 0 saturated heterocycles. The summed E-state index contributed by atoms with van der Waals surface area (Å²) in [6.45, 7) is 3.22. The molecule has 2 aromatic rings. The largest absolute Gasteiger partial charge is 0.314 e. The van der Waals surface area contributed by atoms with E-state index in [4.69, 9.17) is 0 Å². The third kappa shape index (κ3) is 3.54. The molecule has 0 amide bonds. The minimum absolute atomic E-state index is 0.843. The lowest BCUT2D eigenvalue weighted by molar-refractivity contribution is 0.620. The molecule has 0 bridgehead atoms. The van der Waals surface area contributed by atoms with Crippen molar-refractivity contribution in [2.24, 2.45) is 0 Å². The van der Waals surface area contributed by atoms with Crippen molar-refractivity contribution in [3.63, 3.8) is 0 Å². The Hall–Kier alpha value is -1.41. The zero-order valence-corrected chi connectivity index (χ0v) is 11.7. The summed E-state index contributed by atoms with van der Waals surface area (Å²) in [5.41, 5.74) is 3.63. The van der Waals surface area contributed by atoms with E-state index in [2.05, 4.69) is 40.6 Å². The van der Waals surface area contributed by atoms with Gasteiger partial charge >= 0.3 is 0 Å². The van der Waals surface area contributed by atoms with Crippen molar-refractivity contribution in [3.05, 3.63) is 41.6 Å². The number of unbranched alkanes of at least 4 members (excludes halogenated alkanes) is 1. The minimum atomic E-state index is 0.843. The average molecular weight is 254 g/mol. The number of aryl methyl sites for hydroxylation is 2. The van der Waals surface area contributed by atoms with E-state index in [-0.39, 0.29) is 0 Å². The Balaban J connectivity index is 1.53. The maximum absolute atomic E-state index is 4.54. The number of hydrogen-bond donors (Lipinski definition) is 1. The number of rotatable bonds is 6. The Morgan fingerprint density at radius 3 is 2.89 bits per heavy atom. The summed E-state index contributed by atoms with van der Waals surface area (Å²) >= 11 is 0. The van der Waals surface area contributed by atoms with Crippen molar-refractivity contribution in [2.45, 2.75) is 45.1 Å². The maximum Gasteiger partial charge on any atom is 0.0705 e. The van der Waals surface area contributed by atoms with E-state index in [1.54, 1.807) is 0 Å². The molecule has 0 spiro atoms. The summed E-state index contributed by atoms with van der Waals surface area (Å²) < 4.78 is 0. The molecule has 2 nitrogen and oxygen atoms in total. The van der Waals surface area contributed by atoms with E-state index >= 15 is 0 Å². The van der Waals surface area contributed by atoms with Gasteiger partial charge in [0.05, 0.1) is 5.52 Å². The van der Waals surface area contributed by atoms with Crippen molar-refractivity contribution in [1.82, 2.24) is 10.3 Å². The Morgan fingerprint density at radius 1 is 1.16 bits per heavy atom. The molecule has 100 valence electrons. The van der Waals surface area contributed by atoms with Gasteiger partial charge in [-0.2, -0.15) is 0 Å². The van der Waals surface area contributed by atoms with E-state index in [1.165, 1.54) is 49.6 Å². The number of hydrogen-bond acceptors (Lipinski definition) is 2. The van der Waals surface area contributed by atoms with Gasteiger partial charge in [0.1, 0.15) is 0 Å².